The second kappa shape index (κ2) is 7.97. The molecule has 0 radical (unpaired) electrons. The Morgan fingerprint density at radius 3 is 2.12 bits per heavy atom. The van der Waals surface area contributed by atoms with Crippen LogP contribution < -0.4 is 10.6 Å². The van der Waals surface area contributed by atoms with Crippen molar-refractivity contribution in [3.63, 3.8) is 0 Å². The largest absolute Gasteiger partial charge is 0.320 e. The number of anilines is 1. The molecule has 2 aromatic carbocycles. The second-order valence-corrected chi connectivity index (χ2v) is 5.80. The van der Waals surface area contributed by atoms with Crippen LogP contribution in [0.3, 0.4) is 0 Å². The van der Waals surface area contributed by atoms with Crippen LogP contribution in [0.4, 0.5) is 18.9 Å². The first kappa shape index (κ1) is 18.0. The lowest BCUT2D eigenvalue weighted by molar-refractivity contribution is -0.115. The number of hydrogen-bond donors (Lipinski definition) is 2. The Morgan fingerprint density at radius 2 is 1.58 bits per heavy atom. The summed E-state index contributed by atoms with van der Waals surface area (Å²) >= 11 is 0. The van der Waals surface area contributed by atoms with Gasteiger partial charge in [0.1, 0.15) is 23.1 Å². The van der Waals surface area contributed by atoms with E-state index in [1.807, 2.05) is 13.8 Å². The summed E-state index contributed by atoms with van der Waals surface area (Å²) in [5.74, 6) is -2.43. The number of para-hydroxylation sites is 1. The van der Waals surface area contributed by atoms with Crippen molar-refractivity contribution in [2.45, 2.75) is 19.9 Å². The SMILES string of the molecule is CC(C)[C@@H](NCC(=O)Nc1c(F)cccc1F)c1ccc(F)cc1. The van der Waals surface area contributed by atoms with Gasteiger partial charge in [-0.25, -0.2) is 13.2 Å². The Bertz CT molecular complexity index is 682. The fraction of sp³-hybridized carbons (Fsp3) is 0.278. The topological polar surface area (TPSA) is 41.1 Å². The molecule has 0 bridgehead atoms. The van der Waals surface area contributed by atoms with Gasteiger partial charge in [0.05, 0.1) is 6.54 Å². The molecule has 2 N–H and O–H groups in total. The van der Waals surface area contributed by atoms with Crippen molar-refractivity contribution < 1.29 is 18.0 Å². The zero-order valence-corrected chi connectivity index (χ0v) is 13.4. The zero-order chi connectivity index (χ0) is 17.7. The number of rotatable bonds is 6. The van der Waals surface area contributed by atoms with Gasteiger partial charge in [-0.2, -0.15) is 0 Å². The van der Waals surface area contributed by atoms with Gasteiger partial charge >= 0.3 is 0 Å². The normalized spacial score (nSPS) is 12.2. The third kappa shape index (κ3) is 4.58. The van der Waals surface area contributed by atoms with Gasteiger partial charge in [0, 0.05) is 6.04 Å². The molecule has 2 aromatic rings. The molecule has 0 aliphatic rings. The molecule has 128 valence electrons. The minimum Gasteiger partial charge on any atom is -0.320 e. The maximum Gasteiger partial charge on any atom is 0.238 e. The molecule has 2 rings (SSSR count). The van der Waals surface area contributed by atoms with Gasteiger partial charge < -0.3 is 10.6 Å². The minimum absolute atomic E-state index is 0.131. The van der Waals surface area contributed by atoms with Gasteiger partial charge in [0.2, 0.25) is 5.91 Å². The smallest absolute Gasteiger partial charge is 0.238 e. The van der Waals surface area contributed by atoms with E-state index in [2.05, 4.69) is 10.6 Å². The first-order chi connectivity index (χ1) is 11.4. The Labute approximate surface area is 138 Å². The summed E-state index contributed by atoms with van der Waals surface area (Å²) in [5, 5.41) is 5.26. The Kier molecular flexibility index (Phi) is 5.98. The fourth-order valence-corrected chi connectivity index (χ4v) is 2.41. The number of carbonyl (C=O) groups excluding carboxylic acids is 1. The van der Waals surface area contributed by atoms with E-state index in [0.29, 0.717) is 0 Å². The van der Waals surface area contributed by atoms with Crippen LogP contribution in [0, 0.1) is 23.4 Å². The highest BCUT2D eigenvalue weighted by Crippen LogP contribution is 2.22. The molecule has 24 heavy (non-hydrogen) atoms. The lowest BCUT2D eigenvalue weighted by Crippen LogP contribution is -2.34. The van der Waals surface area contributed by atoms with Crippen molar-refractivity contribution in [1.29, 1.82) is 0 Å². The number of benzene rings is 2. The molecule has 0 aromatic heterocycles. The summed E-state index contributed by atoms with van der Waals surface area (Å²) in [6.07, 6.45) is 0. The number of carbonyl (C=O) groups is 1. The van der Waals surface area contributed by atoms with Crippen LogP contribution in [-0.4, -0.2) is 12.5 Å². The summed E-state index contributed by atoms with van der Waals surface area (Å²) in [7, 11) is 0. The summed E-state index contributed by atoms with van der Waals surface area (Å²) in [6, 6.07) is 9.15. The molecule has 0 saturated heterocycles. The van der Waals surface area contributed by atoms with E-state index < -0.39 is 23.2 Å². The fourth-order valence-electron chi connectivity index (χ4n) is 2.41. The Hall–Kier alpha value is -2.34. The van der Waals surface area contributed by atoms with Gasteiger partial charge in [0.15, 0.2) is 0 Å². The molecule has 0 aliphatic carbocycles. The first-order valence-electron chi connectivity index (χ1n) is 7.61. The quantitative estimate of drug-likeness (QED) is 0.836. The van der Waals surface area contributed by atoms with Crippen LogP contribution in [0.15, 0.2) is 42.5 Å². The van der Waals surface area contributed by atoms with Crippen molar-refractivity contribution in [1.82, 2.24) is 5.32 Å². The standard InChI is InChI=1S/C18H19F3N2O/c1-11(2)17(12-6-8-13(19)9-7-12)22-10-16(24)23-18-14(20)4-3-5-15(18)21/h3-9,11,17,22H,10H2,1-2H3,(H,23,24)/t17-/m1/s1. The third-order valence-corrected chi connectivity index (χ3v) is 3.61. The lowest BCUT2D eigenvalue weighted by atomic mass is 9.96. The van der Waals surface area contributed by atoms with Crippen LogP contribution in [0.1, 0.15) is 25.5 Å². The van der Waals surface area contributed by atoms with E-state index in [-0.39, 0.29) is 24.3 Å². The molecule has 0 unspecified atom stereocenters. The average Bonchev–Trinajstić information content (AvgIpc) is 2.52. The number of halogens is 3. The van der Waals surface area contributed by atoms with E-state index in [4.69, 9.17) is 0 Å². The maximum absolute atomic E-state index is 13.5. The van der Waals surface area contributed by atoms with Crippen LogP contribution in [0.5, 0.6) is 0 Å². The summed E-state index contributed by atoms with van der Waals surface area (Å²) in [6.45, 7) is 3.78. The lowest BCUT2D eigenvalue weighted by Gasteiger charge is -2.23. The van der Waals surface area contributed by atoms with Crippen LogP contribution >= 0.6 is 0 Å². The highest BCUT2D eigenvalue weighted by atomic mass is 19.1. The van der Waals surface area contributed by atoms with Crippen LogP contribution in [0.2, 0.25) is 0 Å². The van der Waals surface area contributed by atoms with E-state index in [9.17, 15) is 18.0 Å². The van der Waals surface area contributed by atoms with Gasteiger partial charge in [-0.15, -0.1) is 0 Å². The molecule has 0 fully saturated rings. The average molecular weight is 336 g/mol. The van der Waals surface area contributed by atoms with Gasteiger partial charge in [0.25, 0.3) is 0 Å². The second-order valence-electron chi connectivity index (χ2n) is 5.80. The van der Waals surface area contributed by atoms with E-state index >= 15 is 0 Å². The molecular weight excluding hydrogens is 317 g/mol. The van der Waals surface area contributed by atoms with E-state index in [1.54, 1.807) is 12.1 Å². The molecule has 0 aliphatic heterocycles. The number of amides is 1. The van der Waals surface area contributed by atoms with Crippen molar-refractivity contribution >= 4 is 11.6 Å². The van der Waals surface area contributed by atoms with Crippen molar-refractivity contribution in [3.8, 4) is 0 Å². The number of hydrogen-bond acceptors (Lipinski definition) is 2. The molecule has 0 saturated carbocycles. The van der Waals surface area contributed by atoms with Crippen molar-refractivity contribution in [3.05, 3.63) is 65.5 Å². The van der Waals surface area contributed by atoms with Crippen molar-refractivity contribution in [2.24, 2.45) is 5.92 Å². The highest BCUT2D eigenvalue weighted by molar-refractivity contribution is 5.92. The summed E-state index contributed by atoms with van der Waals surface area (Å²) in [4.78, 5) is 12.0. The monoisotopic (exact) mass is 336 g/mol. The third-order valence-electron chi connectivity index (χ3n) is 3.61. The van der Waals surface area contributed by atoms with Crippen LogP contribution in [0.25, 0.3) is 0 Å². The molecule has 6 heteroatoms. The maximum atomic E-state index is 13.5. The zero-order valence-electron chi connectivity index (χ0n) is 13.4. The minimum atomic E-state index is -0.831. The van der Waals surface area contributed by atoms with Gasteiger partial charge in [-0.1, -0.05) is 32.0 Å². The number of nitrogens with one attached hydrogen (secondary N) is 2. The predicted octanol–water partition coefficient (Wildman–Crippen LogP) is 4.03. The molecule has 1 amide bonds. The van der Waals surface area contributed by atoms with E-state index in [1.165, 1.54) is 18.2 Å². The van der Waals surface area contributed by atoms with Gasteiger partial charge in [-0.3, -0.25) is 4.79 Å². The first-order valence-corrected chi connectivity index (χ1v) is 7.61. The Balaban J connectivity index is 2.01. The summed E-state index contributed by atoms with van der Waals surface area (Å²) in [5.41, 5.74) is 0.364. The van der Waals surface area contributed by atoms with Crippen LogP contribution in [-0.2, 0) is 4.79 Å². The molecule has 0 spiro atoms. The van der Waals surface area contributed by atoms with E-state index in [0.717, 1.165) is 17.7 Å². The predicted molar refractivity (Wildman–Crippen MR) is 87.0 cm³/mol. The Morgan fingerprint density at radius 1 is 1.00 bits per heavy atom. The highest BCUT2D eigenvalue weighted by Gasteiger charge is 2.18. The molecule has 0 heterocycles. The summed E-state index contributed by atoms with van der Waals surface area (Å²) < 4.78 is 40.1. The molecular formula is C18H19F3N2O. The molecule has 3 nitrogen and oxygen atoms in total. The van der Waals surface area contributed by atoms with Crippen molar-refractivity contribution in [2.75, 3.05) is 11.9 Å². The van der Waals surface area contributed by atoms with Gasteiger partial charge in [-0.05, 0) is 35.7 Å². The molecule has 1 atom stereocenters.